The van der Waals surface area contributed by atoms with Crippen LogP contribution < -0.4 is 5.32 Å². The van der Waals surface area contributed by atoms with E-state index in [0.29, 0.717) is 30.8 Å². The van der Waals surface area contributed by atoms with E-state index in [1.54, 1.807) is 0 Å². The molecule has 2 aromatic rings. The minimum Gasteiger partial charge on any atom is -0.379 e. The number of para-hydroxylation sites is 1. The molecule has 0 bridgehead atoms. The van der Waals surface area contributed by atoms with Crippen LogP contribution in [-0.4, -0.2) is 79.2 Å². The zero-order chi connectivity index (χ0) is 22.3. The fourth-order valence-electron chi connectivity index (χ4n) is 5.53. The van der Waals surface area contributed by atoms with Crippen LogP contribution in [0.2, 0.25) is 0 Å². The number of fused-ring (bicyclic) bond motifs is 1. The van der Waals surface area contributed by atoms with Gasteiger partial charge in [0.15, 0.2) is 0 Å². The van der Waals surface area contributed by atoms with E-state index in [2.05, 4.69) is 58.3 Å². The molecular weight excluding hydrogens is 400 g/mol. The molecule has 2 fully saturated rings. The summed E-state index contributed by atoms with van der Waals surface area (Å²) in [7, 11) is 0. The largest absolute Gasteiger partial charge is 0.379 e. The van der Waals surface area contributed by atoms with Crippen LogP contribution in [0.1, 0.15) is 38.7 Å². The highest BCUT2D eigenvalue weighted by Crippen LogP contribution is 2.27. The maximum atomic E-state index is 12.7. The standard InChI is InChI=1S/C26H40N4O2/c1-20(2)18-29-12-10-25(30-13-15-32-16-14-30)22(19-29)7-8-26(31)27-11-9-21-17-28-24-6-4-3-5-23(21)24/h3-6,17,20,22,25,28H,7-16,18-19H2,1-2H3,(H,27,31)/t22-,25+/m1/s1. The molecule has 0 radical (unpaired) electrons. The van der Waals surface area contributed by atoms with Crippen LogP contribution in [0.25, 0.3) is 10.9 Å². The lowest BCUT2D eigenvalue weighted by atomic mass is 9.86. The summed E-state index contributed by atoms with van der Waals surface area (Å²) in [5, 5.41) is 4.42. The predicted octanol–water partition coefficient (Wildman–Crippen LogP) is 3.29. The van der Waals surface area contributed by atoms with Gasteiger partial charge >= 0.3 is 0 Å². The van der Waals surface area contributed by atoms with Crippen molar-refractivity contribution in [3.05, 3.63) is 36.0 Å². The number of rotatable bonds is 9. The summed E-state index contributed by atoms with van der Waals surface area (Å²) in [5.41, 5.74) is 2.43. The third-order valence-corrected chi connectivity index (χ3v) is 7.05. The van der Waals surface area contributed by atoms with Crippen LogP contribution >= 0.6 is 0 Å². The highest BCUT2D eigenvalue weighted by atomic mass is 16.5. The fraction of sp³-hybridized carbons (Fsp3) is 0.654. The summed E-state index contributed by atoms with van der Waals surface area (Å²) < 4.78 is 5.58. The molecule has 2 aliphatic heterocycles. The molecular formula is C26H40N4O2. The number of H-pyrrole nitrogens is 1. The summed E-state index contributed by atoms with van der Waals surface area (Å²) in [6.07, 6.45) is 5.72. The molecule has 1 aromatic carbocycles. The Kier molecular flexibility index (Phi) is 8.22. The van der Waals surface area contributed by atoms with Crippen LogP contribution in [0.15, 0.2) is 30.5 Å². The minimum absolute atomic E-state index is 0.187. The number of aromatic amines is 1. The van der Waals surface area contributed by atoms with Crippen molar-refractivity contribution in [1.29, 1.82) is 0 Å². The molecule has 176 valence electrons. The number of nitrogens with one attached hydrogen (secondary N) is 2. The van der Waals surface area contributed by atoms with Gasteiger partial charge in [0.2, 0.25) is 5.91 Å². The summed E-state index contributed by atoms with van der Waals surface area (Å²) >= 11 is 0. The van der Waals surface area contributed by atoms with E-state index in [1.807, 2.05) is 6.07 Å². The quantitative estimate of drug-likeness (QED) is 0.628. The average molecular weight is 441 g/mol. The Bertz CT molecular complexity index is 858. The second-order valence-electron chi connectivity index (χ2n) is 9.92. The molecule has 2 aliphatic rings. The van der Waals surface area contributed by atoms with E-state index in [9.17, 15) is 4.79 Å². The fourth-order valence-corrected chi connectivity index (χ4v) is 5.53. The second kappa shape index (κ2) is 11.3. The number of morpholine rings is 1. The molecule has 1 amide bonds. The summed E-state index contributed by atoms with van der Waals surface area (Å²) in [6, 6.07) is 8.93. The normalized spacial score (nSPS) is 23.1. The Morgan fingerprint density at radius 2 is 2.03 bits per heavy atom. The Morgan fingerprint density at radius 1 is 1.22 bits per heavy atom. The van der Waals surface area contributed by atoms with Crippen molar-refractivity contribution in [2.75, 3.05) is 52.5 Å². The van der Waals surface area contributed by atoms with E-state index >= 15 is 0 Å². The zero-order valence-corrected chi connectivity index (χ0v) is 19.8. The lowest BCUT2D eigenvalue weighted by molar-refractivity contribution is -0.121. The van der Waals surface area contributed by atoms with Gasteiger partial charge in [0, 0.05) is 62.3 Å². The average Bonchev–Trinajstić information content (AvgIpc) is 3.21. The van der Waals surface area contributed by atoms with E-state index in [-0.39, 0.29) is 5.91 Å². The molecule has 0 unspecified atom stereocenters. The second-order valence-corrected chi connectivity index (χ2v) is 9.92. The van der Waals surface area contributed by atoms with Crippen molar-refractivity contribution in [3.8, 4) is 0 Å². The molecule has 32 heavy (non-hydrogen) atoms. The number of benzene rings is 1. The SMILES string of the molecule is CC(C)CN1CC[C@H](N2CCOCC2)[C@H](CCC(=O)NCCc2c[nH]c3ccccc23)C1. The van der Waals surface area contributed by atoms with Crippen molar-refractivity contribution >= 4 is 16.8 Å². The highest BCUT2D eigenvalue weighted by Gasteiger charge is 2.34. The first-order valence-electron chi connectivity index (χ1n) is 12.5. The van der Waals surface area contributed by atoms with Gasteiger partial charge in [-0.05, 0) is 49.3 Å². The van der Waals surface area contributed by atoms with Crippen molar-refractivity contribution < 1.29 is 9.53 Å². The molecule has 2 saturated heterocycles. The van der Waals surface area contributed by atoms with Gasteiger partial charge in [-0.3, -0.25) is 9.69 Å². The molecule has 0 aliphatic carbocycles. The number of carbonyl (C=O) groups excluding carboxylic acids is 1. The molecule has 0 saturated carbocycles. The Labute approximate surface area is 192 Å². The molecule has 0 spiro atoms. The number of hydrogen-bond acceptors (Lipinski definition) is 4. The van der Waals surface area contributed by atoms with Crippen LogP contribution in [-0.2, 0) is 16.0 Å². The molecule has 3 heterocycles. The number of hydrogen-bond donors (Lipinski definition) is 2. The molecule has 6 heteroatoms. The molecule has 6 nitrogen and oxygen atoms in total. The number of amides is 1. The van der Waals surface area contributed by atoms with Crippen LogP contribution in [0.3, 0.4) is 0 Å². The van der Waals surface area contributed by atoms with E-state index in [0.717, 1.165) is 57.8 Å². The van der Waals surface area contributed by atoms with Crippen molar-refractivity contribution in [2.24, 2.45) is 11.8 Å². The highest BCUT2D eigenvalue weighted by molar-refractivity contribution is 5.83. The third-order valence-electron chi connectivity index (χ3n) is 7.05. The van der Waals surface area contributed by atoms with E-state index in [4.69, 9.17) is 4.74 Å². The van der Waals surface area contributed by atoms with Crippen molar-refractivity contribution in [1.82, 2.24) is 20.1 Å². The zero-order valence-electron chi connectivity index (χ0n) is 19.8. The summed E-state index contributed by atoms with van der Waals surface area (Å²) in [4.78, 5) is 21.2. The molecule has 2 N–H and O–H groups in total. The smallest absolute Gasteiger partial charge is 0.220 e. The number of carbonyl (C=O) groups is 1. The third kappa shape index (κ3) is 6.12. The first-order chi connectivity index (χ1) is 15.6. The number of likely N-dealkylation sites (tertiary alicyclic amines) is 1. The van der Waals surface area contributed by atoms with Crippen LogP contribution in [0.4, 0.5) is 0 Å². The maximum Gasteiger partial charge on any atom is 0.220 e. The Balaban J connectivity index is 1.27. The number of nitrogens with zero attached hydrogens (tertiary/aromatic N) is 2. The molecule has 2 atom stereocenters. The first-order valence-corrected chi connectivity index (χ1v) is 12.5. The Hall–Kier alpha value is -1.89. The van der Waals surface area contributed by atoms with E-state index < -0.39 is 0 Å². The van der Waals surface area contributed by atoms with E-state index in [1.165, 1.54) is 23.9 Å². The first kappa shape index (κ1) is 23.3. The lowest BCUT2D eigenvalue weighted by Crippen LogP contribution is -2.54. The van der Waals surface area contributed by atoms with Gasteiger partial charge < -0.3 is 19.9 Å². The van der Waals surface area contributed by atoms with Crippen molar-refractivity contribution in [3.63, 3.8) is 0 Å². The van der Waals surface area contributed by atoms with Gasteiger partial charge in [-0.15, -0.1) is 0 Å². The maximum absolute atomic E-state index is 12.7. The number of ether oxygens (including phenoxy) is 1. The summed E-state index contributed by atoms with van der Waals surface area (Å²) in [6.45, 7) is 12.5. The minimum atomic E-state index is 0.187. The van der Waals surface area contributed by atoms with Crippen LogP contribution in [0.5, 0.6) is 0 Å². The van der Waals surface area contributed by atoms with Gasteiger partial charge in [0.05, 0.1) is 13.2 Å². The van der Waals surface area contributed by atoms with Crippen molar-refractivity contribution in [2.45, 2.75) is 45.6 Å². The van der Waals surface area contributed by atoms with Gasteiger partial charge in [-0.25, -0.2) is 0 Å². The van der Waals surface area contributed by atoms with Crippen LogP contribution in [0, 0.1) is 11.8 Å². The van der Waals surface area contributed by atoms with Gasteiger partial charge in [-0.2, -0.15) is 0 Å². The number of aromatic nitrogens is 1. The number of piperidine rings is 1. The lowest BCUT2D eigenvalue weighted by Gasteiger charge is -2.45. The van der Waals surface area contributed by atoms with Gasteiger partial charge in [0.1, 0.15) is 0 Å². The summed E-state index contributed by atoms with van der Waals surface area (Å²) in [5.74, 6) is 1.43. The topological polar surface area (TPSA) is 60.6 Å². The predicted molar refractivity (Wildman–Crippen MR) is 130 cm³/mol. The molecule has 4 rings (SSSR count). The monoisotopic (exact) mass is 440 g/mol. The molecule has 1 aromatic heterocycles. The van der Waals surface area contributed by atoms with Gasteiger partial charge in [-0.1, -0.05) is 32.0 Å². The van der Waals surface area contributed by atoms with Gasteiger partial charge in [0.25, 0.3) is 0 Å². The Morgan fingerprint density at radius 3 is 2.84 bits per heavy atom.